The zero-order valence-electron chi connectivity index (χ0n) is 9.97. The molecule has 0 unspecified atom stereocenters. The first-order valence-corrected chi connectivity index (χ1v) is 5.36. The van der Waals surface area contributed by atoms with Gasteiger partial charge in [-0.05, 0) is 32.9 Å². The molecule has 0 atom stereocenters. The average molecular weight is 222 g/mol. The maximum atomic E-state index is 12.0. The lowest BCUT2D eigenvalue weighted by Gasteiger charge is -2.27. The highest BCUT2D eigenvalue weighted by molar-refractivity contribution is 5.92. The van der Waals surface area contributed by atoms with Crippen molar-refractivity contribution in [1.29, 1.82) is 0 Å². The number of amides is 1. The minimum Gasteiger partial charge on any atom is -0.389 e. The summed E-state index contributed by atoms with van der Waals surface area (Å²) in [5.74, 6) is -0.148. The number of nitrogens with zero attached hydrogens (tertiary/aromatic N) is 2. The zero-order chi connectivity index (χ0) is 12.2. The van der Waals surface area contributed by atoms with E-state index in [2.05, 4.69) is 4.98 Å². The normalized spacial score (nSPS) is 11.2. The molecule has 0 bridgehead atoms. The van der Waals surface area contributed by atoms with Crippen LogP contribution in [0.2, 0.25) is 0 Å². The molecular weight excluding hydrogens is 204 g/mol. The number of carbonyl (C=O) groups is 1. The SMILES string of the molecule is CCN(CC(C)(C)O)C(=O)c1ccccn1. The zero-order valence-corrected chi connectivity index (χ0v) is 9.97. The van der Waals surface area contributed by atoms with E-state index in [0.29, 0.717) is 18.8 Å². The topological polar surface area (TPSA) is 53.4 Å². The molecule has 88 valence electrons. The summed E-state index contributed by atoms with van der Waals surface area (Å²) in [4.78, 5) is 17.6. The molecule has 0 saturated carbocycles. The first kappa shape index (κ1) is 12.6. The van der Waals surface area contributed by atoms with Crippen molar-refractivity contribution in [2.75, 3.05) is 13.1 Å². The molecule has 0 fully saturated rings. The van der Waals surface area contributed by atoms with Gasteiger partial charge in [-0.2, -0.15) is 0 Å². The third-order valence-electron chi connectivity index (χ3n) is 2.13. The van der Waals surface area contributed by atoms with Gasteiger partial charge in [-0.15, -0.1) is 0 Å². The minimum atomic E-state index is -0.888. The number of rotatable bonds is 4. The highest BCUT2D eigenvalue weighted by Gasteiger charge is 2.22. The van der Waals surface area contributed by atoms with Crippen LogP contribution in [0.25, 0.3) is 0 Å². The van der Waals surface area contributed by atoms with Gasteiger partial charge in [0, 0.05) is 19.3 Å². The number of aliphatic hydroxyl groups is 1. The molecule has 1 rings (SSSR count). The molecule has 0 aliphatic carbocycles. The largest absolute Gasteiger partial charge is 0.389 e. The Labute approximate surface area is 95.9 Å². The first-order valence-electron chi connectivity index (χ1n) is 5.36. The van der Waals surface area contributed by atoms with E-state index in [1.807, 2.05) is 6.92 Å². The quantitative estimate of drug-likeness (QED) is 0.835. The van der Waals surface area contributed by atoms with Gasteiger partial charge in [-0.1, -0.05) is 6.07 Å². The van der Waals surface area contributed by atoms with Crippen LogP contribution in [0.4, 0.5) is 0 Å². The molecule has 1 aromatic rings. The van der Waals surface area contributed by atoms with Gasteiger partial charge in [0.2, 0.25) is 0 Å². The Balaban J connectivity index is 2.78. The van der Waals surface area contributed by atoms with E-state index in [4.69, 9.17) is 0 Å². The van der Waals surface area contributed by atoms with Crippen molar-refractivity contribution in [1.82, 2.24) is 9.88 Å². The summed E-state index contributed by atoms with van der Waals surface area (Å²) in [6.45, 7) is 6.10. The maximum absolute atomic E-state index is 12.0. The fourth-order valence-corrected chi connectivity index (χ4v) is 1.45. The van der Waals surface area contributed by atoms with Gasteiger partial charge in [-0.25, -0.2) is 0 Å². The Morgan fingerprint density at radius 1 is 1.50 bits per heavy atom. The van der Waals surface area contributed by atoms with Crippen molar-refractivity contribution in [2.24, 2.45) is 0 Å². The van der Waals surface area contributed by atoms with Crippen molar-refractivity contribution >= 4 is 5.91 Å². The summed E-state index contributed by atoms with van der Waals surface area (Å²) >= 11 is 0. The van der Waals surface area contributed by atoms with Gasteiger partial charge in [0.15, 0.2) is 0 Å². The molecule has 4 heteroatoms. The second-order valence-electron chi connectivity index (χ2n) is 4.35. The summed E-state index contributed by atoms with van der Waals surface area (Å²) in [5, 5.41) is 9.70. The number of hydrogen-bond acceptors (Lipinski definition) is 3. The summed E-state index contributed by atoms with van der Waals surface area (Å²) in [5.41, 5.74) is -0.478. The van der Waals surface area contributed by atoms with Crippen molar-refractivity contribution in [3.05, 3.63) is 30.1 Å². The van der Waals surface area contributed by atoms with Crippen LogP contribution < -0.4 is 0 Å². The summed E-state index contributed by atoms with van der Waals surface area (Å²) in [7, 11) is 0. The lowest BCUT2D eigenvalue weighted by Crippen LogP contribution is -2.42. The highest BCUT2D eigenvalue weighted by Crippen LogP contribution is 2.08. The number of carbonyl (C=O) groups excluding carboxylic acids is 1. The highest BCUT2D eigenvalue weighted by atomic mass is 16.3. The molecule has 0 aliphatic heterocycles. The average Bonchev–Trinajstić information content (AvgIpc) is 2.25. The first-order chi connectivity index (χ1) is 7.44. The van der Waals surface area contributed by atoms with Gasteiger partial charge >= 0.3 is 0 Å². The molecule has 1 amide bonds. The molecule has 0 aromatic carbocycles. The Bertz CT molecular complexity index is 344. The number of pyridine rings is 1. The standard InChI is InChI=1S/C12H18N2O2/c1-4-14(9-12(2,3)16)11(15)10-7-5-6-8-13-10/h5-8,16H,4,9H2,1-3H3. The summed E-state index contributed by atoms with van der Waals surface area (Å²) in [6.07, 6.45) is 1.59. The molecule has 4 nitrogen and oxygen atoms in total. The van der Waals surface area contributed by atoms with Crippen LogP contribution in [0.15, 0.2) is 24.4 Å². The molecule has 1 heterocycles. The van der Waals surface area contributed by atoms with Crippen molar-refractivity contribution < 1.29 is 9.90 Å². The smallest absolute Gasteiger partial charge is 0.272 e. The minimum absolute atomic E-state index is 0.148. The predicted octanol–water partition coefficient (Wildman–Crippen LogP) is 1.31. The maximum Gasteiger partial charge on any atom is 0.272 e. The van der Waals surface area contributed by atoms with E-state index >= 15 is 0 Å². The van der Waals surface area contributed by atoms with Crippen molar-refractivity contribution in [3.63, 3.8) is 0 Å². The van der Waals surface area contributed by atoms with Gasteiger partial charge in [0.25, 0.3) is 5.91 Å². The second-order valence-corrected chi connectivity index (χ2v) is 4.35. The molecule has 1 aromatic heterocycles. The number of hydrogen-bond donors (Lipinski definition) is 1. The van der Waals surface area contributed by atoms with E-state index in [9.17, 15) is 9.90 Å². The fourth-order valence-electron chi connectivity index (χ4n) is 1.45. The van der Waals surface area contributed by atoms with E-state index in [0.717, 1.165) is 0 Å². The lowest BCUT2D eigenvalue weighted by atomic mass is 10.1. The van der Waals surface area contributed by atoms with Crippen LogP contribution in [0.1, 0.15) is 31.3 Å². The second kappa shape index (κ2) is 5.07. The van der Waals surface area contributed by atoms with E-state index in [1.165, 1.54) is 0 Å². The van der Waals surface area contributed by atoms with Gasteiger partial charge in [0.1, 0.15) is 5.69 Å². The Morgan fingerprint density at radius 2 is 2.19 bits per heavy atom. The molecule has 16 heavy (non-hydrogen) atoms. The molecule has 0 aliphatic rings. The molecule has 0 spiro atoms. The van der Waals surface area contributed by atoms with Crippen LogP contribution in [-0.2, 0) is 0 Å². The van der Waals surface area contributed by atoms with Gasteiger partial charge in [-0.3, -0.25) is 9.78 Å². The lowest BCUT2D eigenvalue weighted by molar-refractivity contribution is 0.0311. The predicted molar refractivity (Wildman–Crippen MR) is 62.1 cm³/mol. The van der Waals surface area contributed by atoms with Crippen LogP contribution in [0.3, 0.4) is 0 Å². The summed E-state index contributed by atoms with van der Waals surface area (Å²) < 4.78 is 0. The van der Waals surface area contributed by atoms with Crippen LogP contribution in [-0.4, -0.2) is 39.6 Å². The number of likely N-dealkylation sites (N-methyl/N-ethyl adjacent to an activating group) is 1. The molecular formula is C12H18N2O2. The molecule has 0 radical (unpaired) electrons. The van der Waals surface area contributed by atoms with Gasteiger partial charge < -0.3 is 10.0 Å². The summed E-state index contributed by atoms with van der Waals surface area (Å²) in [6, 6.07) is 5.22. The Kier molecular flexibility index (Phi) is 4.01. The Hall–Kier alpha value is -1.42. The third-order valence-corrected chi connectivity index (χ3v) is 2.13. The van der Waals surface area contributed by atoms with Crippen LogP contribution in [0, 0.1) is 0 Å². The van der Waals surface area contributed by atoms with Crippen LogP contribution in [0.5, 0.6) is 0 Å². The number of aromatic nitrogens is 1. The van der Waals surface area contributed by atoms with Crippen molar-refractivity contribution in [3.8, 4) is 0 Å². The van der Waals surface area contributed by atoms with E-state index in [-0.39, 0.29) is 5.91 Å². The molecule has 0 saturated heterocycles. The Morgan fingerprint density at radius 3 is 2.62 bits per heavy atom. The van der Waals surface area contributed by atoms with Gasteiger partial charge in [0.05, 0.1) is 5.60 Å². The van der Waals surface area contributed by atoms with E-state index in [1.54, 1.807) is 43.1 Å². The van der Waals surface area contributed by atoms with Crippen LogP contribution >= 0.6 is 0 Å². The fraction of sp³-hybridized carbons (Fsp3) is 0.500. The third kappa shape index (κ3) is 3.62. The monoisotopic (exact) mass is 222 g/mol. The molecule has 1 N–H and O–H groups in total. The van der Waals surface area contributed by atoms with Crippen molar-refractivity contribution in [2.45, 2.75) is 26.4 Å². The van der Waals surface area contributed by atoms with E-state index < -0.39 is 5.60 Å².